The van der Waals surface area contributed by atoms with Crippen LogP contribution in [0.3, 0.4) is 0 Å². The third-order valence-electron chi connectivity index (χ3n) is 4.55. The molecule has 0 bridgehead atoms. The lowest BCUT2D eigenvalue weighted by molar-refractivity contribution is -0.126. The van der Waals surface area contributed by atoms with Gasteiger partial charge in [0, 0.05) is 36.8 Å². The van der Waals surface area contributed by atoms with Crippen molar-refractivity contribution in [2.24, 2.45) is 5.92 Å². The zero-order valence-electron chi connectivity index (χ0n) is 13.2. The van der Waals surface area contributed by atoms with E-state index in [2.05, 4.69) is 5.32 Å². The molecule has 124 valence electrons. The molecule has 0 aromatic heterocycles. The van der Waals surface area contributed by atoms with Crippen LogP contribution in [0, 0.1) is 12.8 Å². The number of carbonyl (C=O) groups excluding carboxylic acids is 2. The third-order valence-corrected chi connectivity index (χ3v) is 4.96. The number of nitrogens with one attached hydrogen (secondary N) is 1. The van der Waals surface area contributed by atoms with Gasteiger partial charge in [-0.05, 0) is 37.5 Å². The lowest BCUT2D eigenvalue weighted by atomic mass is 10.1. The van der Waals surface area contributed by atoms with Crippen LogP contribution in [0.2, 0.25) is 5.02 Å². The fourth-order valence-corrected chi connectivity index (χ4v) is 3.34. The summed E-state index contributed by atoms with van der Waals surface area (Å²) in [7, 11) is 0. The molecule has 2 heterocycles. The summed E-state index contributed by atoms with van der Waals surface area (Å²) in [5.41, 5.74) is 1.65. The van der Waals surface area contributed by atoms with Crippen molar-refractivity contribution in [3.05, 3.63) is 28.8 Å². The Hall–Kier alpha value is -1.59. The van der Waals surface area contributed by atoms with Crippen LogP contribution < -0.4 is 10.2 Å². The van der Waals surface area contributed by atoms with Gasteiger partial charge in [0.05, 0.1) is 12.0 Å². The van der Waals surface area contributed by atoms with Gasteiger partial charge in [-0.1, -0.05) is 17.7 Å². The molecule has 0 radical (unpaired) electrons. The number of hydrogen-bond acceptors (Lipinski definition) is 3. The quantitative estimate of drug-likeness (QED) is 0.917. The van der Waals surface area contributed by atoms with Crippen LogP contribution in [0.15, 0.2) is 18.2 Å². The standard InChI is InChI=1S/C17H21ClN2O3/c1-11-14(18)5-2-6-15(11)20-10-12(8-16(20)21)17(22)19-9-13-4-3-7-23-13/h2,5-6,12-13H,3-4,7-10H2,1H3,(H,19,22)/t12-,13+/m0/s1. The van der Waals surface area contributed by atoms with Crippen molar-refractivity contribution < 1.29 is 14.3 Å². The zero-order chi connectivity index (χ0) is 16.4. The maximum Gasteiger partial charge on any atom is 0.227 e. The molecule has 2 aliphatic rings. The molecule has 1 N–H and O–H groups in total. The minimum atomic E-state index is -0.317. The summed E-state index contributed by atoms with van der Waals surface area (Å²) in [6.45, 7) is 3.58. The highest BCUT2D eigenvalue weighted by Crippen LogP contribution is 2.31. The van der Waals surface area contributed by atoms with Crippen molar-refractivity contribution in [3.8, 4) is 0 Å². The normalized spacial score (nSPS) is 24.3. The van der Waals surface area contributed by atoms with E-state index in [9.17, 15) is 9.59 Å². The maximum atomic E-state index is 12.3. The number of rotatable bonds is 4. The van der Waals surface area contributed by atoms with Crippen molar-refractivity contribution in [2.45, 2.75) is 32.3 Å². The minimum absolute atomic E-state index is 0.0346. The minimum Gasteiger partial charge on any atom is -0.376 e. The zero-order valence-corrected chi connectivity index (χ0v) is 13.9. The summed E-state index contributed by atoms with van der Waals surface area (Å²) < 4.78 is 5.50. The topological polar surface area (TPSA) is 58.6 Å². The first-order valence-corrected chi connectivity index (χ1v) is 8.39. The van der Waals surface area contributed by atoms with Gasteiger partial charge < -0.3 is 15.0 Å². The molecule has 6 heteroatoms. The average molecular weight is 337 g/mol. The van der Waals surface area contributed by atoms with Gasteiger partial charge in [0.2, 0.25) is 11.8 Å². The van der Waals surface area contributed by atoms with Crippen LogP contribution in [0.4, 0.5) is 5.69 Å². The number of carbonyl (C=O) groups is 2. The van der Waals surface area contributed by atoms with Crippen LogP contribution in [0.5, 0.6) is 0 Å². The molecule has 2 fully saturated rings. The van der Waals surface area contributed by atoms with E-state index in [0.29, 0.717) is 18.1 Å². The Morgan fingerprint density at radius 2 is 2.30 bits per heavy atom. The lowest BCUT2D eigenvalue weighted by Crippen LogP contribution is -2.37. The van der Waals surface area contributed by atoms with Gasteiger partial charge in [-0.3, -0.25) is 9.59 Å². The number of hydrogen-bond donors (Lipinski definition) is 1. The number of anilines is 1. The second kappa shape index (κ2) is 6.89. The van der Waals surface area contributed by atoms with Crippen LogP contribution in [-0.2, 0) is 14.3 Å². The Kier molecular flexibility index (Phi) is 4.87. The van der Waals surface area contributed by atoms with Gasteiger partial charge >= 0.3 is 0 Å². The first-order valence-electron chi connectivity index (χ1n) is 8.01. The van der Waals surface area contributed by atoms with E-state index in [4.69, 9.17) is 16.3 Å². The summed E-state index contributed by atoms with van der Waals surface area (Å²) in [6.07, 6.45) is 2.38. The molecule has 3 rings (SSSR count). The van der Waals surface area contributed by atoms with Crippen molar-refractivity contribution in [1.29, 1.82) is 0 Å². The molecular weight excluding hydrogens is 316 g/mol. The van der Waals surface area contributed by atoms with Crippen molar-refractivity contribution in [3.63, 3.8) is 0 Å². The van der Waals surface area contributed by atoms with Crippen molar-refractivity contribution >= 4 is 29.1 Å². The van der Waals surface area contributed by atoms with Gasteiger partial charge in [-0.15, -0.1) is 0 Å². The molecule has 2 atom stereocenters. The smallest absolute Gasteiger partial charge is 0.227 e. The summed E-state index contributed by atoms with van der Waals surface area (Å²) in [5, 5.41) is 3.54. The Labute approximate surface area is 140 Å². The van der Waals surface area contributed by atoms with E-state index < -0.39 is 0 Å². The largest absolute Gasteiger partial charge is 0.376 e. The fraction of sp³-hybridized carbons (Fsp3) is 0.529. The number of amides is 2. The molecule has 2 saturated heterocycles. The average Bonchev–Trinajstić information content (AvgIpc) is 3.17. The van der Waals surface area contributed by atoms with Gasteiger partial charge in [-0.25, -0.2) is 0 Å². The van der Waals surface area contributed by atoms with Crippen LogP contribution in [0.1, 0.15) is 24.8 Å². The number of ether oxygens (including phenoxy) is 1. The van der Waals surface area contributed by atoms with Gasteiger partial charge in [0.15, 0.2) is 0 Å². The van der Waals surface area contributed by atoms with E-state index in [1.165, 1.54) is 0 Å². The van der Waals surface area contributed by atoms with Gasteiger partial charge in [0.1, 0.15) is 0 Å². The fourth-order valence-electron chi connectivity index (χ4n) is 3.17. The van der Waals surface area contributed by atoms with Gasteiger partial charge in [-0.2, -0.15) is 0 Å². The van der Waals surface area contributed by atoms with E-state index in [1.54, 1.807) is 11.0 Å². The second-order valence-corrected chi connectivity index (χ2v) is 6.58. The highest BCUT2D eigenvalue weighted by atomic mass is 35.5. The van der Waals surface area contributed by atoms with Gasteiger partial charge in [0.25, 0.3) is 0 Å². The molecule has 1 aromatic rings. The SMILES string of the molecule is Cc1c(Cl)cccc1N1C[C@@H](C(=O)NC[C@H]2CCCO2)CC1=O. The molecule has 0 spiro atoms. The predicted molar refractivity (Wildman–Crippen MR) is 88.6 cm³/mol. The monoisotopic (exact) mass is 336 g/mol. The molecular formula is C17H21ClN2O3. The molecule has 0 saturated carbocycles. The highest BCUT2D eigenvalue weighted by Gasteiger charge is 2.36. The maximum absolute atomic E-state index is 12.3. The van der Waals surface area contributed by atoms with E-state index in [0.717, 1.165) is 30.7 Å². The molecule has 5 nitrogen and oxygen atoms in total. The predicted octanol–water partition coefficient (Wildman–Crippen LogP) is 2.30. The first kappa shape index (κ1) is 16.3. The lowest BCUT2D eigenvalue weighted by Gasteiger charge is -2.20. The Bertz CT molecular complexity index is 614. The Morgan fingerprint density at radius 3 is 3.04 bits per heavy atom. The molecule has 2 amide bonds. The van der Waals surface area contributed by atoms with Crippen LogP contribution in [-0.4, -0.2) is 37.6 Å². The second-order valence-electron chi connectivity index (χ2n) is 6.17. The van der Waals surface area contributed by atoms with Crippen LogP contribution >= 0.6 is 11.6 Å². The first-order chi connectivity index (χ1) is 11.1. The number of halogens is 1. The van der Waals surface area contributed by atoms with E-state index in [-0.39, 0.29) is 30.3 Å². The summed E-state index contributed by atoms with van der Waals surface area (Å²) in [5.74, 6) is -0.425. The van der Waals surface area contributed by atoms with Crippen molar-refractivity contribution in [1.82, 2.24) is 5.32 Å². The Balaban J connectivity index is 1.62. The van der Waals surface area contributed by atoms with E-state index in [1.807, 2.05) is 19.1 Å². The molecule has 2 aliphatic heterocycles. The van der Waals surface area contributed by atoms with E-state index >= 15 is 0 Å². The highest BCUT2D eigenvalue weighted by molar-refractivity contribution is 6.31. The van der Waals surface area contributed by atoms with Crippen LogP contribution in [0.25, 0.3) is 0 Å². The summed E-state index contributed by atoms with van der Waals surface area (Å²) in [4.78, 5) is 26.3. The summed E-state index contributed by atoms with van der Waals surface area (Å²) >= 11 is 6.13. The Morgan fingerprint density at radius 1 is 1.48 bits per heavy atom. The molecule has 0 unspecified atom stereocenters. The number of nitrogens with zero attached hydrogens (tertiary/aromatic N) is 1. The summed E-state index contributed by atoms with van der Waals surface area (Å²) in [6, 6.07) is 5.49. The van der Waals surface area contributed by atoms with Crippen molar-refractivity contribution in [2.75, 3.05) is 24.6 Å². The molecule has 0 aliphatic carbocycles. The third kappa shape index (κ3) is 3.51. The number of benzene rings is 1. The molecule has 1 aromatic carbocycles. The molecule has 23 heavy (non-hydrogen) atoms.